The molecule has 0 unspecified atom stereocenters. The van der Waals surface area contributed by atoms with Crippen molar-refractivity contribution in [2.45, 2.75) is 19.9 Å². The van der Waals surface area contributed by atoms with E-state index < -0.39 is 0 Å². The van der Waals surface area contributed by atoms with Crippen LogP contribution in [0.2, 0.25) is 0 Å². The molecule has 0 bridgehead atoms. The van der Waals surface area contributed by atoms with Crippen molar-refractivity contribution in [2.75, 3.05) is 11.9 Å². The van der Waals surface area contributed by atoms with Gasteiger partial charge in [0.25, 0.3) is 5.82 Å². The number of rotatable bonds is 5. The highest BCUT2D eigenvalue weighted by Gasteiger charge is 2.06. The first-order valence-electron chi connectivity index (χ1n) is 5.17. The summed E-state index contributed by atoms with van der Waals surface area (Å²) in [6.45, 7) is 3.46. The predicted molar refractivity (Wildman–Crippen MR) is 62.5 cm³/mol. The molecule has 2 rings (SSSR count). The summed E-state index contributed by atoms with van der Waals surface area (Å²) < 4.78 is 1.57. The monoisotopic (exact) mass is 249 g/mol. The molecule has 88 valence electrons. The van der Waals surface area contributed by atoms with Crippen LogP contribution < -0.4 is 5.32 Å². The molecule has 0 aliphatic carbocycles. The Labute approximate surface area is 102 Å². The molecule has 0 radical (unpaired) electrons. The summed E-state index contributed by atoms with van der Waals surface area (Å²) in [5.74, 6) is 0.166. The summed E-state index contributed by atoms with van der Waals surface area (Å²) in [5.41, 5.74) is 0. The Morgan fingerprint density at radius 2 is 2.41 bits per heavy atom. The van der Waals surface area contributed by atoms with Crippen molar-refractivity contribution in [3.05, 3.63) is 17.2 Å². The van der Waals surface area contributed by atoms with Crippen molar-refractivity contribution >= 4 is 16.5 Å². The van der Waals surface area contributed by atoms with Gasteiger partial charge in [-0.25, -0.2) is 9.67 Å². The van der Waals surface area contributed by atoms with Gasteiger partial charge in [0.2, 0.25) is 5.13 Å². The number of hydrogen-bond acceptors (Lipinski definition) is 7. The normalized spacial score (nSPS) is 10.1. The van der Waals surface area contributed by atoms with Gasteiger partial charge < -0.3 is 5.32 Å². The van der Waals surface area contributed by atoms with E-state index >= 15 is 0 Å². The minimum atomic E-state index is 0.166. The standard InChI is InChI=1S/C9H11N7S/c1-2-3-11-9-14-13-8(17-9)5-16-6-12-7(4-10)15-16/h6H,2-3,5H2,1H3,(H,11,14). The van der Waals surface area contributed by atoms with E-state index in [2.05, 4.69) is 32.5 Å². The zero-order valence-electron chi connectivity index (χ0n) is 9.29. The Hall–Kier alpha value is -2.01. The van der Waals surface area contributed by atoms with Gasteiger partial charge in [0, 0.05) is 6.54 Å². The molecule has 0 atom stereocenters. The van der Waals surface area contributed by atoms with Crippen molar-refractivity contribution in [2.24, 2.45) is 0 Å². The summed E-state index contributed by atoms with van der Waals surface area (Å²) in [7, 11) is 0. The van der Waals surface area contributed by atoms with Gasteiger partial charge in [0.15, 0.2) is 0 Å². The summed E-state index contributed by atoms with van der Waals surface area (Å²) in [6, 6.07) is 1.88. The molecule has 0 fully saturated rings. The van der Waals surface area contributed by atoms with Crippen LogP contribution in [0.1, 0.15) is 24.2 Å². The third kappa shape index (κ3) is 2.98. The maximum absolute atomic E-state index is 8.59. The third-order valence-electron chi connectivity index (χ3n) is 1.93. The van der Waals surface area contributed by atoms with Gasteiger partial charge in [-0.15, -0.1) is 15.3 Å². The summed E-state index contributed by atoms with van der Waals surface area (Å²) in [4.78, 5) is 3.82. The lowest BCUT2D eigenvalue weighted by molar-refractivity contribution is 0.673. The first-order chi connectivity index (χ1) is 8.31. The Kier molecular flexibility index (Phi) is 3.62. The molecule has 0 saturated heterocycles. The fraction of sp³-hybridized carbons (Fsp3) is 0.444. The number of nitrogens with zero attached hydrogens (tertiary/aromatic N) is 6. The molecule has 1 N–H and O–H groups in total. The second-order valence-corrected chi connectivity index (χ2v) is 4.37. The molecule has 0 saturated carbocycles. The second kappa shape index (κ2) is 5.36. The molecule has 0 aliphatic heterocycles. The Bertz CT molecular complexity index is 523. The van der Waals surface area contributed by atoms with Crippen LogP contribution >= 0.6 is 11.3 Å². The lowest BCUT2D eigenvalue weighted by Crippen LogP contribution is -2.00. The van der Waals surface area contributed by atoms with Crippen LogP contribution in [0.5, 0.6) is 0 Å². The van der Waals surface area contributed by atoms with Crippen molar-refractivity contribution in [1.29, 1.82) is 5.26 Å². The molecule has 17 heavy (non-hydrogen) atoms. The molecular weight excluding hydrogens is 238 g/mol. The van der Waals surface area contributed by atoms with Gasteiger partial charge in [0.05, 0.1) is 6.54 Å². The van der Waals surface area contributed by atoms with Crippen LogP contribution in [-0.4, -0.2) is 31.5 Å². The maximum Gasteiger partial charge on any atom is 0.252 e. The first kappa shape index (κ1) is 11.5. The average molecular weight is 249 g/mol. The van der Waals surface area contributed by atoms with E-state index in [-0.39, 0.29) is 5.82 Å². The molecule has 7 nitrogen and oxygen atoms in total. The van der Waals surface area contributed by atoms with Crippen LogP contribution in [0.25, 0.3) is 0 Å². The summed E-state index contributed by atoms with van der Waals surface area (Å²) >= 11 is 1.48. The predicted octanol–water partition coefficient (Wildman–Crippen LogP) is 0.871. The van der Waals surface area contributed by atoms with Crippen molar-refractivity contribution in [3.8, 4) is 6.07 Å². The molecular formula is C9H11N7S. The molecule has 2 aromatic rings. The topological polar surface area (TPSA) is 92.3 Å². The number of nitriles is 1. The van der Waals surface area contributed by atoms with Crippen molar-refractivity contribution < 1.29 is 0 Å². The van der Waals surface area contributed by atoms with Gasteiger partial charge in [-0.3, -0.25) is 0 Å². The van der Waals surface area contributed by atoms with Crippen LogP contribution in [0.4, 0.5) is 5.13 Å². The lowest BCUT2D eigenvalue weighted by atomic mass is 10.5. The molecule has 2 heterocycles. The van der Waals surface area contributed by atoms with Crippen LogP contribution in [0, 0.1) is 11.3 Å². The van der Waals surface area contributed by atoms with Crippen molar-refractivity contribution in [1.82, 2.24) is 25.0 Å². The Morgan fingerprint density at radius 1 is 1.53 bits per heavy atom. The number of hydrogen-bond donors (Lipinski definition) is 1. The van der Waals surface area contributed by atoms with Gasteiger partial charge in [-0.2, -0.15) is 5.26 Å². The van der Waals surface area contributed by atoms with Gasteiger partial charge in [-0.1, -0.05) is 18.3 Å². The molecule has 2 aromatic heterocycles. The Morgan fingerprint density at radius 3 is 3.12 bits per heavy atom. The minimum absolute atomic E-state index is 0.166. The molecule has 0 aliphatic rings. The highest BCUT2D eigenvalue weighted by molar-refractivity contribution is 7.15. The number of anilines is 1. The number of nitrogens with one attached hydrogen (secondary N) is 1. The van der Waals surface area contributed by atoms with E-state index in [9.17, 15) is 0 Å². The number of aromatic nitrogens is 5. The van der Waals surface area contributed by atoms with Crippen LogP contribution in [-0.2, 0) is 6.54 Å². The average Bonchev–Trinajstić information content (AvgIpc) is 2.96. The van der Waals surface area contributed by atoms with E-state index in [1.807, 2.05) is 6.07 Å². The highest BCUT2D eigenvalue weighted by atomic mass is 32.1. The third-order valence-corrected chi connectivity index (χ3v) is 2.79. The van der Waals surface area contributed by atoms with E-state index in [1.54, 1.807) is 4.68 Å². The maximum atomic E-state index is 8.59. The summed E-state index contributed by atoms with van der Waals surface area (Å²) in [6.07, 6.45) is 2.56. The molecule has 0 aromatic carbocycles. The van der Waals surface area contributed by atoms with Gasteiger partial charge in [0.1, 0.15) is 17.4 Å². The van der Waals surface area contributed by atoms with Gasteiger partial charge >= 0.3 is 0 Å². The second-order valence-electron chi connectivity index (χ2n) is 3.31. The van der Waals surface area contributed by atoms with Gasteiger partial charge in [-0.05, 0) is 6.42 Å². The molecule has 8 heteroatoms. The van der Waals surface area contributed by atoms with E-state index in [1.165, 1.54) is 17.7 Å². The minimum Gasteiger partial charge on any atom is -0.360 e. The summed E-state index contributed by atoms with van der Waals surface area (Å²) in [5, 5.41) is 25.4. The Balaban J connectivity index is 1.99. The van der Waals surface area contributed by atoms with E-state index in [4.69, 9.17) is 5.26 Å². The zero-order chi connectivity index (χ0) is 12.1. The molecule has 0 amide bonds. The van der Waals surface area contributed by atoms with E-state index in [0.717, 1.165) is 23.1 Å². The van der Waals surface area contributed by atoms with Crippen LogP contribution in [0.15, 0.2) is 6.33 Å². The smallest absolute Gasteiger partial charge is 0.252 e. The first-order valence-corrected chi connectivity index (χ1v) is 5.99. The zero-order valence-corrected chi connectivity index (χ0v) is 10.1. The lowest BCUT2D eigenvalue weighted by Gasteiger charge is -1.95. The highest BCUT2D eigenvalue weighted by Crippen LogP contribution is 2.15. The van der Waals surface area contributed by atoms with Crippen molar-refractivity contribution in [3.63, 3.8) is 0 Å². The fourth-order valence-corrected chi connectivity index (χ4v) is 1.94. The SMILES string of the molecule is CCCNc1nnc(Cn2cnc(C#N)n2)s1. The molecule has 0 spiro atoms. The van der Waals surface area contributed by atoms with E-state index in [0.29, 0.717) is 6.54 Å². The largest absolute Gasteiger partial charge is 0.360 e. The fourth-order valence-electron chi connectivity index (χ4n) is 1.18. The van der Waals surface area contributed by atoms with Crippen LogP contribution in [0.3, 0.4) is 0 Å². The quantitative estimate of drug-likeness (QED) is 0.845.